The van der Waals surface area contributed by atoms with Gasteiger partial charge in [-0.2, -0.15) is 0 Å². The van der Waals surface area contributed by atoms with Gasteiger partial charge < -0.3 is 15.4 Å². The van der Waals surface area contributed by atoms with Gasteiger partial charge in [-0.15, -0.1) is 0 Å². The summed E-state index contributed by atoms with van der Waals surface area (Å²) in [4.78, 5) is 23.7. The van der Waals surface area contributed by atoms with Crippen molar-refractivity contribution in [3.63, 3.8) is 0 Å². The second-order valence-corrected chi connectivity index (χ2v) is 5.04. The van der Waals surface area contributed by atoms with Gasteiger partial charge in [0.05, 0.1) is 12.2 Å². The Morgan fingerprint density at radius 3 is 2.30 bits per heavy atom. The summed E-state index contributed by atoms with van der Waals surface area (Å²) in [6.07, 6.45) is 0. The van der Waals surface area contributed by atoms with E-state index >= 15 is 0 Å². The Hall–Kier alpha value is -2.82. The molecule has 2 aromatic carbocycles. The first-order chi connectivity index (χ1) is 11.0. The fraction of sp³-hybridized carbons (Fsp3) is 0.222. The molecule has 0 bridgehead atoms. The molecule has 0 saturated carbocycles. The number of carbonyl (C=O) groups excluding carboxylic acids is 2. The van der Waals surface area contributed by atoms with Crippen molar-refractivity contribution < 1.29 is 14.3 Å². The van der Waals surface area contributed by atoms with E-state index in [-0.39, 0.29) is 11.8 Å². The zero-order chi connectivity index (χ0) is 16.8. The molecule has 5 heteroatoms. The number of rotatable bonds is 5. The number of benzene rings is 2. The molecule has 0 aliphatic rings. The van der Waals surface area contributed by atoms with E-state index < -0.39 is 0 Å². The summed E-state index contributed by atoms with van der Waals surface area (Å²) in [5.41, 5.74) is 2.59. The number of hydrogen-bond acceptors (Lipinski definition) is 3. The van der Waals surface area contributed by atoms with Gasteiger partial charge in [0.25, 0.3) is 5.91 Å². The third-order valence-electron chi connectivity index (χ3n) is 3.32. The number of ether oxygens (including phenoxy) is 1. The number of nitrogens with one attached hydrogen (secondary N) is 2. The van der Waals surface area contributed by atoms with Crippen LogP contribution < -0.4 is 15.4 Å². The van der Waals surface area contributed by atoms with Gasteiger partial charge >= 0.3 is 0 Å². The van der Waals surface area contributed by atoms with E-state index in [1.54, 1.807) is 36.4 Å². The van der Waals surface area contributed by atoms with E-state index in [4.69, 9.17) is 4.74 Å². The van der Waals surface area contributed by atoms with E-state index in [0.29, 0.717) is 29.3 Å². The molecule has 0 aliphatic carbocycles. The molecule has 23 heavy (non-hydrogen) atoms. The van der Waals surface area contributed by atoms with Gasteiger partial charge in [0, 0.05) is 18.3 Å². The molecule has 0 saturated heterocycles. The summed E-state index contributed by atoms with van der Waals surface area (Å²) in [5.74, 6) is 0.138. The zero-order valence-corrected chi connectivity index (χ0v) is 13.5. The molecule has 2 rings (SSSR count). The second kappa shape index (κ2) is 7.45. The molecule has 0 radical (unpaired) electrons. The number of anilines is 2. The Balaban J connectivity index is 2.26. The molecule has 0 fully saturated rings. The highest BCUT2D eigenvalue weighted by Crippen LogP contribution is 2.25. The Labute approximate surface area is 135 Å². The lowest BCUT2D eigenvalue weighted by Crippen LogP contribution is -2.15. The Kier molecular flexibility index (Phi) is 5.36. The highest BCUT2D eigenvalue weighted by molar-refractivity contribution is 6.07. The lowest BCUT2D eigenvalue weighted by molar-refractivity contribution is -0.114. The largest absolute Gasteiger partial charge is 0.493 e. The van der Waals surface area contributed by atoms with Crippen molar-refractivity contribution in [1.82, 2.24) is 0 Å². The third-order valence-corrected chi connectivity index (χ3v) is 3.32. The third kappa shape index (κ3) is 4.10. The summed E-state index contributed by atoms with van der Waals surface area (Å²) < 4.78 is 5.48. The molecule has 120 valence electrons. The van der Waals surface area contributed by atoms with Crippen molar-refractivity contribution in [3.8, 4) is 5.75 Å². The molecule has 0 aromatic heterocycles. The van der Waals surface area contributed by atoms with Crippen molar-refractivity contribution in [2.24, 2.45) is 0 Å². The van der Waals surface area contributed by atoms with Gasteiger partial charge in [-0.25, -0.2) is 0 Å². The summed E-state index contributed by atoms with van der Waals surface area (Å²) >= 11 is 0. The molecule has 2 N–H and O–H groups in total. The molecule has 0 aliphatic heterocycles. The van der Waals surface area contributed by atoms with Gasteiger partial charge in [0.2, 0.25) is 5.91 Å². The van der Waals surface area contributed by atoms with Gasteiger partial charge in [0.15, 0.2) is 0 Å². The average Bonchev–Trinajstić information content (AvgIpc) is 2.51. The number of amides is 2. The lowest BCUT2D eigenvalue weighted by Gasteiger charge is -2.14. The minimum absolute atomic E-state index is 0.154. The molecule has 0 spiro atoms. The predicted molar refractivity (Wildman–Crippen MR) is 91.0 cm³/mol. The fourth-order valence-electron chi connectivity index (χ4n) is 2.22. The SMILES string of the molecule is CCOc1ccccc1C(=O)Nc1cccc(NC(C)=O)c1C. The van der Waals surface area contributed by atoms with Crippen LogP contribution in [0, 0.1) is 6.92 Å². The van der Waals surface area contributed by atoms with E-state index in [2.05, 4.69) is 10.6 Å². The highest BCUT2D eigenvalue weighted by atomic mass is 16.5. The van der Waals surface area contributed by atoms with Crippen LogP contribution in [0.3, 0.4) is 0 Å². The van der Waals surface area contributed by atoms with Crippen LogP contribution in [0.4, 0.5) is 11.4 Å². The maximum Gasteiger partial charge on any atom is 0.259 e. The molecule has 0 unspecified atom stereocenters. The molecule has 2 aromatic rings. The molecular weight excluding hydrogens is 292 g/mol. The normalized spacial score (nSPS) is 10.0. The number of carbonyl (C=O) groups is 2. The van der Waals surface area contributed by atoms with Crippen LogP contribution in [0.1, 0.15) is 29.8 Å². The average molecular weight is 312 g/mol. The number of hydrogen-bond donors (Lipinski definition) is 2. The standard InChI is InChI=1S/C18H20N2O3/c1-4-23-17-11-6-5-8-14(17)18(22)20-16-10-7-9-15(12(16)2)19-13(3)21/h5-11H,4H2,1-3H3,(H,19,21)(H,20,22). The van der Waals surface area contributed by atoms with Crippen LogP contribution in [0.15, 0.2) is 42.5 Å². The zero-order valence-electron chi connectivity index (χ0n) is 13.5. The van der Waals surface area contributed by atoms with Crippen LogP contribution >= 0.6 is 0 Å². The molecule has 0 heterocycles. The minimum atomic E-state index is -0.253. The second-order valence-electron chi connectivity index (χ2n) is 5.04. The summed E-state index contributed by atoms with van der Waals surface area (Å²) in [7, 11) is 0. The van der Waals surface area contributed by atoms with E-state index in [0.717, 1.165) is 5.56 Å². The first-order valence-electron chi connectivity index (χ1n) is 7.43. The van der Waals surface area contributed by atoms with Crippen molar-refractivity contribution in [2.75, 3.05) is 17.2 Å². The van der Waals surface area contributed by atoms with E-state index in [1.807, 2.05) is 19.9 Å². The molecule has 5 nitrogen and oxygen atoms in total. The van der Waals surface area contributed by atoms with Crippen LogP contribution in [0.5, 0.6) is 5.75 Å². The predicted octanol–water partition coefficient (Wildman–Crippen LogP) is 3.60. The topological polar surface area (TPSA) is 67.4 Å². The Morgan fingerprint density at radius 2 is 1.65 bits per heavy atom. The maximum atomic E-state index is 12.5. The van der Waals surface area contributed by atoms with Crippen molar-refractivity contribution in [1.29, 1.82) is 0 Å². The Bertz CT molecular complexity index is 726. The quantitative estimate of drug-likeness (QED) is 0.886. The fourth-order valence-corrected chi connectivity index (χ4v) is 2.22. The molecule has 0 atom stereocenters. The summed E-state index contributed by atoms with van der Waals surface area (Å²) in [6.45, 7) is 5.65. The monoisotopic (exact) mass is 312 g/mol. The van der Waals surface area contributed by atoms with Crippen LogP contribution in [0.2, 0.25) is 0 Å². The van der Waals surface area contributed by atoms with Gasteiger partial charge in [-0.1, -0.05) is 18.2 Å². The molecular formula is C18H20N2O3. The maximum absolute atomic E-state index is 12.5. The van der Waals surface area contributed by atoms with Crippen LogP contribution in [-0.2, 0) is 4.79 Å². The van der Waals surface area contributed by atoms with Crippen molar-refractivity contribution >= 4 is 23.2 Å². The van der Waals surface area contributed by atoms with Crippen molar-refractivity contribution in [2.45, 2.75) is 20.8 Å². The minimum Gasteiger partial charge on any atom is -0.493 e. The van der Waals surface area contributed by atoms with Crippen molar-refractivity contribution in [3.05, 3.63) is 53.6 Å². The Morgan fingerprint density at radius 1 is 1.00 bits per heavy atom. The van der Waals surface area contributed by atoms with Gasteiger partial charge in [0.1, 0.15) is 5.75 Å². The van der Waals surface area contributed by atoms with Crippen LogP contribution in [0.25, 0.3) is 0 Å². The van der Waals surface area contributed by atoms with E-state index in [9.17, 15) is 9.59 Å². The highest BCUT2D eigenvalue weighted by Gasteiger charge is 2.14. The lowest BCUT2D eigenvalue weighted by atomic mass is 10.1. The first-order valence-corrected chi connectivity index (χ1v) is 7.43. The summed E-state index contributed by atoms with van der Waals surface area (Å²) in [5, 5.41) is 5.61. The van der Waals surface area contributed by atoms with Gasteiger partial charge in [-0.05, 0) is 43.7 Å². The first kappa shape index (κ1) is 16.5. The number of para-hydroxylation sites is 1. The van der Waals surface area contributed by atoms with Gasteiger partial charge in [-0.3, -0.25) is 9.59 Å². The summed E-state index contributed by atoms with van der Waals surface area (Å²) in [6, 6.07) is 12.5. The smallest absolute Gasteiger partial charge is 0.259 e. The molecule has 2 amide bonds. The van der Waals surface area contributed by atoms with Crippen LogP contribution in [-0.4, -0.2) is 18.4 Å². The van der Waals surface area contributed by atoms with E-state index in [1.165, 1.54) is 6.92 Å².